The Morgan fingerprint density at radius 1 is 1.11 bits per heavy atom. The fraction of sp³-hybridized carbons (Fsp3) is 0.0833. The summed E-state index contributed by atoms with van der Waals surface area (Å²) >= 11 is 5.52. The minimum Gasteiger partial charge on any atom is -0.436 e. The molecule has 0 aliphatic carbocycles. The second kappa shape index (κ2) is 5.27. The molecule has 0 saturated carbocycles. The van der Waals surface area contributed by atoms with Crippen LogP contribution in [-0.4, -0.2) is 4.98 Å². The molecule has 0 saturated heterocycles. The smallest absolute Gasteiger partial charge is 0.256 e. The van der Waals surface area contributed by atoms with Gasteiger partial charge in [0.05, 0.1) is 5.88 Å². The molecule has 2 rings (SSSR count). The molecular formula is C12H7ClF3NO. The summed E-state index contributed by atoms with van der Waals surface area (Å²) in [7, 11) is 0. The summed E-state index contributed by atoms with van der Waals surface area (Å²) in [5.41, 5.74) is 0.212. The minimum atomic E-state index is -1.08. The highest BCUT2D eigenvalue weighted by molar-refractivity contribution is 6.17. The maximum Gasteiger partial charge on any atom is 0.256 e. The van der Waals surface area contributed by atoms with Crippen molar-refractivity contribution in [2.24, 2.45) is 0 Å². The standard InChI is InChI=1S/C12H7ClF3NO/c13-6-7-3-4-17-12(11(7)16)18-8-1-2-9(14)10(15)5-8/h1-5H,6H2. The fourth-order valence-electron chi connectivity index (χ4n) is 1.29. The van der Waals surface area contributed by atoms with Gasteiger partial charge in [-0.25, -0.2) is 18.2 Å². The van der Waals surface area contributed by atoms with Crippen molar-refractivity contribution in [2.75, 3.05) is 0 Å². The molecule has 0 radical (unpaired) electrons. The molecule has 18 heavy (non-hydrogen) atoms. The van der Waals surface area contributed by atoms with E-state index in [0.717, 1.165) is 12.1 Å². The first-order valence-corrected chi connectivity index (χ1v) is 5.47. The molecule has 0 unspecified atom stereocenters. The van der Waals surface area contributed by atoms with Crippen LogP contribution in [0.4, 0.5) is 13.2 Å². The highest BCUT2D eigenvalue weighted by Crippen LogP contribution is 2.25. The lowest BCUT2D eigenvalue weighted by Crippen LogP contribution is -1.96. The number of benzene rings is 1. The highest BCUT2D eigenvalue weighted by atomic mass is 35.5. The molecule has 0 bridgehead atoms. The van der Waals surface area contributed by atoms with Crippen LogP contribution in [0.1, 0.15) is 5.56 Å². The van der Waals surface area contributed by atoms with Gasteiger partial charge in [-0.2, -0.15) is 0 Å². The lowest BCUT2D eigenvalue weighted by Gasteiger charge is -2.07. The van der Waals surface area contributed by atoms with Crippen LogP contribution in [0.3, 0.4) is 0 Å². The molecular weight excluding hydrogens is 267 g/mol. The number of alkyl halides is 1. The summed E-state index contributed by atoms with van der Waals surface area (Å²) in [4.78, 5) is 3.66. The van der Waals surface area contributed by atoms with Crippen molar-refractivity contribution in [3.8, 4) is 11.6 Å². The van der Waals surface area contributed by atoms with E-state index < -0.39 is 17.5 Å². The predicted octanol–water partition coefficient (Wildman–Crippen LogP) is 4.03. The van der Waals surface area contributed by atoms with Crippen molar-refractivity contribution in [2.45, 2.75) is 5.88 Å². The largest absolute Gasteiger partial charge is 0.436 e. The van der Waals surface area contributed by atoms with Crippen LogP contribution in [0.2, 0.25) is 0 Å². The number of hydrogen-bond acceptors (Lipinski definition) is 2. The van der Waals surface area contributed by atoms with Gasteiger partial charge in [0.25, 0.3) is 5.88 Å². The molecule has 0 aliphatic heterocycles. The molecule has 1 aromatic heterocycles. The van der Waals surface area contributed by atoms with Crippen molar-refractivity contribution in [1.82, 2.24) is 4.98 Å². The van der Waals surface area contributed by atoms with E-state index in [-0.39, 0.29) is 23.1 Å². The molecule has 1 aromatic carbocycles. The first-order valence-electron chi connectivity index (χ1n) is 4.94. The van der Waals surface area contributed by atoms with Crippen LogP contribution in [0.15, 0.2) is 30.5 Å². The Morgan fingerprint density at radius 2 is 1.89 bits per heavy atom. The maximum absolute atomic E-state index is 13.7. The molecule has 0 aliphatic rings. The Kier molecular flexibility index (Phi) is 3.72. The number of rotatable bonds is 3. The minimum absolute atomic E-state index is 0.0392. The number of pyridine rings is 1. The SMILES string of the molecule is Fc1ccc(Oc2nccc(CCl)c2F)cc1F. The zero-order chi connectivity index (χ0) is 13.1. The third kappa shape index (κ3) is 2.56. The van der Waals surface area contributed by atoms with E-state index in [2.05, 4.69) is 4.98 Å². The number of nitrogens with zero attached hydrogens (tertiary/aromatic N) is 1. The van der Waals surface area contributed by atoms with Crippen LogP contribution < -0.4 is 4.74 Å². The van der Waals surface area contributed by atoms with Gasteiger partial charge in [0.15, 0.2) is 17.5 Å². The Balaban J connectivity index is 2.31. The number of aromatic nitrogens is 1. The third-order valence-electron chi connectivity index (χ3n) is 2.19. The first kappa shape index (κ1) is 12.7. The van der Waals surface area contributed by atoms with Crippen molar-refractivity contribution in [3.63, 3.8) is 0 Å². The lowest BCUT2D eigenvalue weighted by atomic mass is 10.3. The zero-order valence-corrected chi connectivity index (χ0v) is 9.72. The lowest BCUT2D eigenvalue weighted by molar-refractivity contribution is 0.413. The molecule has 0 atom stereocenters. The number of halogens is 4. The van der Waals surface area contributed by atoms with Gasteiger partial charge in [-0.1, -0.05) is 0 Å². The summed E-state index contributed by atoms with van der Waals surface area (Å²) in [6.45, 7) is 0. The van der Waals surface area contributed by atoms with E-state index in [1.165, 1.54) is 18.3 Å². The summed E-state index contributed by atoms with van der Waals surface area (Å²) in [5.74, 6) is -3.24. The predicted molar refractivity (Wildman–Crippen MR) is 60.2 cm³/mol. The van der Waals surface area contributed by atoms with E-state index in [4.69, 9.17) is 16.3 Å². The van der Waals surface area contributed by atoms with Crippen molar-refractivity contribution >= 4 is 11.6 Å². The molecule has 0 amide bonds. The maximum atomic E-state index is 13.7. The van der Waals surface area contributed by atoms with Crippen molar-refractivity contribution < 1.29 is 17.9 Å². The monoisotopic (exact) mass is 273 g/mol. The van der Waals surface area contributed by atoms with Gasteiger partial charge < -0.3 is 4.74 Å². The Morgan fingerprint density at radius 3 is 2.56 bits per heavy atom. The molecule has 0 fully saturated rings. The fourth-order valence-corrected chi connectivity index (χ4v) is 1.49. The molecule has 94 valence electrons. The van der Waals surface area contributed by atoms with E-state index in [9.17, 15) is 13.2 Å². The van der Waals surface area contributed by atoms with Gasteiger partial charge in [0, 0.05) is 17.8 Å². The Hall–Kier alpha value is -1.75. The van der Waals surface area contributed by atoms with Crippen LogP contribution in [0.25, 0.3) is 0 Å². The van der Waals surface area contributed by atoms with Crippen LogP contribution in [0, 0.1) is 17.5 Å². The molecule has 0 spiro atoms. The van der Waals surface area contributed by atoms with Crippen LogP contribution in [0.5, 0.6) is 11.6 Å². The van der Waals surface area contributed by atoms with E-state index in [1.54, 1.807) is 0 Å². The average Bonchev–Trinajstić information content (AvgIpc) is 2.36. The summed E-state index contributed by atoms with van der Waals surface area (Å²) in [5, 5.41) is 0. The van der Waals surface area contributed by atoms with Gasteiger partial charge in [0.2, 0.25) is 0 Å². The highest BCUT2D eigenvalue weighted by Gasteiger charge is 2.12. The molecule has 2 nitrogen and oxygen atoms in total. The molecule has 0 N–H and O–H groups in total. The van der Waals surface area contributed by atoms with Crippen molar-refractivity contribution in [3.05, 3.63) is 53.5 Å². The Labute approximate surface area is 106 Å². The van der Waals surface area contributed by atoms with Gasteiger partial charge in [-0.15, -0.1) is 11.6 Å². The second-order valence-electron chi connectivity index (χ2n) is 3.40. The van der Waals surface area contributed by atoms with Gasteiger partial charge in [0.1, 0.15) is 5.75 Å². The summed E-state index contributed by atoms with van der Waals surface area (Å²) in [6, 6.07) is 4.27. The summed E-state index contributed by atoms with van der Waals surface area (Å²) < 4.78 is 44.4. The van der Waals surface area contributed by atoms with Gasteiger partial charge in [-0.05, 0) is 18.2 Å². The number of ether oxygens (including phenoxy) is 1. The van der Waals surface area contributed by atoms with Crippen LogP contribution in [-0.2, 0) is 5.88 Å². The Bertz CT molecular complexity index is 577. The molecule has 1 heterocycles. The second-order valence-corrected chi connectivity index (χ2v) is 3.67. The molecule has 2 aromatic rings. The van der Waals surface area contributed by atoms with Gasteiger partial charge >= 0.3 is 0 Å². The summed E-state index contributed by atoms with van der Waals surface area (Å²) in [6.07, 6.45) is 1.32. The quantitative estimate of drug-likeness (QED) is 0.788. The zero-order valence-electron chi connectivity index (χ0n) is 8.96. The average molecular weight is 274 g/mol. The topological polar surface area (TPSA) is 22.1 Å². The third-order valence-corrected chi connectivity index (χ3v) is 2.47. The molecule has 6 heteroatoms. The normalized spacial score (nSPS) is 10.4. The van der Waals surface area contributed by atoms with E-state index >= 15 is 0 Å². The van der Waals surface area contributed by atoms with Crippen molar-refractivity contribution in [1.29, 1.82) is 0 Å². The van der Waals surface area contributed by atoms with Gasteiger partial charge in [-0.3, -0.25) is 0 Å². The van der Waals surface area contributed by atoms with Crippen LogP contribution >= 0.6 is 11.6 Å². The van der Waals surface area contributed by atoms with E-state index in [0.29, 0.717) is 0 Å². The van der Waals surface area contributed by atoms with E-state index in [1.807, 2.05) is 0 Å². The first-order chi connectivity index (χ1) is 8.61. The number of hydrogen-bond donors (Lipinski definition) is 0.